The summed E-state index contributed by atoms with van der Waals surface area (Å²) >= 11 is 7.06. The van der Waals surface area contributed by atoms with Gasteiger partial charge in [-0.2, -0.15) is 25.3 Å². The lowest BCUT2D eigenvalue weighted by atomic mass is 11.9. The zero-order valence-electron chi connectivity index (χ0n) is 4.01. The summed E-state index contributed by atoms with van der Waals surface area (Å²) in [5.41, 5.74) is 0. The third kappa shape index (κ3) is 363. The van der Waals surface area contributed by atoms with Crippen LogP contribution in [-0.4, -0.2) is 19.3 Å². The summed E-state index contributed by atoms with van der Waals surface area (Å²) in [5.74, 6) is 0. The molecule has 6 heavy (non-hydrogen) atoms. The molecule has 0 atom stereocenters. The first-order valence-electron chi connectivity index (χ1n) is 1.18. The largest absolute Gasteiger partial charge is 0.307 e. The molecule has 0 N–H and O–H groups in total. The van der Waals surface area contributed by atoms with Crippen molar-refractivity contribution in [3.63, 3.8) is 0 Å². The van der Waals surface area contributed by atoms with Crippen LogP contribution in [0.4, 0.5) is 0 Å². The lowest BCUT2D eigenvalue weighted by Gasteiger charge is -1.11. The Labute approximate surface area is 50.0 Å². The van der Waals surface area contributed by atoms with E-state index in [-0.39, 0.29) is 0 Å². The van der Waals surface area contributed by atoms with Crippen molar-refractivity contribution < 1.29 is 4.79 Å². The molecule has 0 unspecified atom stereocenters. The summed E-state index contributed by atoms with van der Waals surface area (Å²) in [6, 6.07) is 0. The van der Waals surface area contributed by atoms with Gasteiger partial charge in [-0.15, -0.1) is 0 Å². The van der Waals surface area contributed by atoms with E-state index in [1.807, 2.05) is 6.79 Å². The molecular formula is C3H10OS2. The van der Waals surface area contributed by atoms with Crippen LogP contribution in [0.25, 0.3) is 0 Å². The first kappa shape index (κ1) is 16.2. The molecule has 0 saturated heterocycles. The Morgan fingerprint density at radius 3 is 1.00 bits per heavy atom. The lowest BCUT2D eigenvalue weighted by molar-refractivity contribution is -0.0979. The fourth-order valence-corrected chi connectivity index (χ4v) is 0. The molecular weight excluding hydrogens is 116 g/mol. The van der Waals surface area contributed by atoms with E-state index >= 15 is 0 Å². The Bertz CT molecular complexity index is 8.75. The fourth-order valence-electron chi connectivity index (χ4n) is 0. The van der Waals surface area contributed by atoms with Gasteiger partial charge in [-0.05, 0) is 12.5 Å². The van der Waals surface area contributed by atoms with E-state index in [2.05, 4.69) is 25.3 Å². The Hall–Kier alpha value is 0.370. The van der Waals surface area contributed by atoms with Gasteiger partial charge in [-0.25, -0.2) is 0 Å². The van der Waals surface area contributed by atoms with Gasteiger partial charge in [0.15, 0.2) is 0 Å². The van der Waals surface area contributed by atoms with Gasteiger partial charge in [0.25, 0.3) is 0 Å². The number of thiol groups is 2. The van der Waals surface area contributed by atoms with E-state index in [0.29, 0.717) is 0 Å². The van der Waals surface area contributed by atoms with Crippen molar-refractivity contribution in [3.05, 3.63) is 0 Å². The Morgan fingerprint density at radius 2 is 1.00 bits per heavy atom. The van der Waals surface area contributed by atoms with Crippen LogP contribution < -0.4 is 0 Å². The van der Waals surface area contributed by atoms with Gasteiger partial charge in [0.05, 0.1) is 0 Å². The zero-order chi connectivity index (χ0) is 6.00. The van der Waals surface area contributed by atoms with E-state index in [4.69, 9.17) is 4.79 Å². The molecule has 0 rings (SSSR count). The number of rotatable bonds is 0. The molecule has 0 aliphatic carbocycles. The highest BCUT2D eigenvalue weighted by molar-refractivity contribution is 7.79. The summed E-state index contributed by atoms with van der Waals surface area (Å²) in [6.07, 6.45) is 3.39. The Kier molecular flexibility index (Phi) is 2020. The number of carbonyl (C=O) groups is 1. The van der Waals surface area contributed by atoms with Crippen LogP contribution in [0.5, 0.6) is 0 Å². The molecule has 3 heteroatoms. The van der Waals surface area contributed by atoms with E-state index in [1.54, 1.807) is 12.5 Å². The Balaban J connectivity index is -0.0000000225. The van der Waals surface area contributed by atoms with Gasteiger partial charge in [-0.1, -0.05) is 0 Å². The van der Waals surface area contributed by atoms with Gasteiger partial charge in [0.1, 0.15) is 6.79 Å². The van der Waals surface area contributed by atoms with Gasteiger partial charge >= 0.3 is 0 Å². The molecule has 1 nitrogen and oxygen atoms in total. The molecule has 0 amide bonds. The van der Waals surface area contributed by atoms with Crippen molar-refractivity contribution in [1.29, 1.82) is 0 Å². The summed E-state index contributed by atoms with van der Waals surface area (Å²) in [5, 5.41) is 0. The predicted octanol–water partition coefficient (Wildman–Crippen LogP) is 0.907. The van der Waals surface area contributed by atoms with E-state index in [0.717, 1.165) is 0 Å². The average Bonchev–Trinajstić information content (AvgIpc) is 1.81. The molecule has 40 valence electrons. The highest BCUT2D eigenvalue weighted by Gasteiger charge is 0.903. The van der Waals surface area contributed by atoms with Crippen LogP contribution in [0.1, 0.15) is 0 Å². The third-order valence-electron chi connectivity index (χ3n) is 0. The molecule has 0 bridgehead atoms. The van der Waals surface area contributed by atoms with Gasteiger partial charge in [-0.3, -0.25) is 0 Å². The molecule has 0 aromatic heterocycles. The quantitative estimate of drug-likeness (QED) is 0.461. The first-order valence-corrected chi connectivity index (χ1v) is 2.97. The van der Waals surface area contributed by atoms with Crippen molar-refractivity contribution >= 4 is 32.0 Å². The van der Waals surface area contributed by atoms with Crippen LogP contribution in [0, 0.1) is 0 Å². The van der Waals surface area contributed by atoms with Gasteiger partial charge in [0.2, 0.25) is 0 Å². The zero-order valence-corrected chi connectivity index (χ0v) is 5.80. The van der Waals surface area contributed by atoms with E-state index < -0.39 is 0 Å². The molecule has 0 aromatic carbocycles. The van der Waals surface area contributed by atoms with Crippen molar-refractivity contribution in [2.75, 3.05) is 12.5 Å². The number of carbonyl (C=O) groups excluding carboxylic acids is 1. The summed E-state index contributed by atoms with van der Waals surface area (Å²) in [4.78, 5) is 8.00. The number of hydrogen-bond acceptors (Lipinski definition) is 3. The second-order valence-corrected chi connectivity index (χ2v) is 0. The normalized spacial score (nSPS) is 2.67. The van der Waals surface area contributed by atoms with Crippen LogP contribution in [-0.2, 0) is 4.79 Å². The summed E-state index contributed by atoms with van der Waals surface area (Å²) in [7, 11) is 0. The molecule has 0 radical (unpaired) electrons. The van der Waals surface area contributed by atoms with Crippen molar-refractivity contribution in [2.24, 2.45) is 0 Å². The average molecular weight is 126 g/mol. The maximum absolute atomic E-state index is 8.00. The van der Waals surface area contributed by atoms with Crippen molar-refractivity contribution in [2.45, 2.75) is 0 Å². The van der Waals surface area contributed by atoms with Crippen molar-refractivity contribution in [3.8, 4) is 0 Å². The minimum absolute atomic E-state index is 1.69. The highest BCUT2D eigenvalue weighted by atomic mass is 32.1. The second-order valence-electron chi connectivity index (χ2n) is 0. The topological polar surface area (TPSA) is 17.1 Å². The lowest BCUT2D eigenvalue weighted by Crippen LogP contribution is -0.925. The fraction of sp³-hybridized carbons (Fsp3) is 0.667. The maximum atomic E-state index is 8.00. The minimum Gasteiger partial charge on any atom is -0.307 e. The summed E-state index contributed by atoms with van der Waals surface area (Å²) in [6.45, 7) is 2.00. The monoisotopic (exact) mass is 126 g/mol. The molecule has 0 fully saturated rings. The third-order valence-corrected chi connectivity index (χ3v) is 0. The first-order chi connectivity index (χ1) is 3.00. The molecule has 0 aromatic rings. The predicted molar refractivity (Wildman–Crippen MR) is 36.9 cm³/mol. The van der Waals surface area contributed by atoms with Crippen molar-refractivity contribution in [1.82, 2.24) is 0 Å². The highest BCUT2D eigenvalue weighted by Crippen LogP contribution is 1.31. The standard InChI is InChI=1S/CH2O.2CH4S/c3*1-2/h1H2;2*2H,1H3. The Morgan fingerprint density at radius 1 is 1.00 bits per heavy atom. The van der Waals surface area contributed by atoms with Crippen LogP contribution in [0.3, 0.4) is 0 Å². The van der Waals surface area contributed by atoms with Gasteiger partial charge < -0.3 is 4.79 Å². The summed E-state index contributed by atoms with van der Waals surface area (Å²) < 4.78 is 0. The van der Waals surface area contributed by atoms with Crippen LogP contribution in [0.15, 0.2) is 0 Å². The minimum atomic E-state index is 1.69. The molecule has 0 spiro atoms. The van der Waals surface area contributed by atoms with Gasteiger partial charge in [0, 0.05) is 0 Å². The SMILES string of the molecule is C=O.CS.CS. The molecule has 0 saturated carbocycles. The number of hydrogen-bond donors (Lipinski definition) is 2. The molecule has 0 aliphatic heterocycles. The van der Waals surface area contributed by atoms with E-state index in [1.165, 1.54) is 0 Å². The second kappa shape index (κ2) is 749. The smallest absolute Gasteiger partial charge is 0.106 e. The van der Waals surface area contributed by atoms with Crippen LogP contribution in [0.2, 0.25) is 0 Å². The maximum Gasteiger partial charge on any atom is 0.106 e. The van der Waals surface area contributed by atoms with E-state index in [9.17, 15) is 0 Å². The molecule has 0 heterocycles. The van der Waals surface area contributed by atoms with Crippen LogP contribution >= 0.6 is 25.3 Å². The molecule has 0 aliphatic rings.